The molecule has 6 nitrogen and oxygen atoms in total. The van der Waals surface area contributed by atoms with Gasteiger partial charge in [-0.3, -0.25) is 4.79 Å². The molecule has 1 unspecified atom stereocenters. The quantitative estimate of drug-likeness (QED) is 0.385. The lowest BCUT2D eigenvalue weighted by Crippen LogP contribution is -2.31. The van der Waals surface area contributed by atoms with Crippen LogP contribution in [0.3, 0.4) is 0 Å². The highest BCUT2D eigenvalue weighted by atomic mass is 35.5. The van der Waals surface area contributed by atoms with E-state index in [1.807, 2.05) is 25.9 Å². The van der Waals surface area contributed by atoms with Gasteiger partial charge in [0.15, 0.2) is 11.5 Å². The lowest BCUT2D eigenvalue weighted by molar-refractivity contribution is 0.0992. The lowest BCUT2D eigenvalue weighted by atomic mass is 10.1. The van der Waals surface area contributed by atoms with Crippen molar-refractivity contribution < 1.29 is 20.1 Å². The number of hydrogen-bond donors (Lipinski definition) is 0. The smallest absolute Gasteiger partial charge is 0.259 e. The third kappa shape index (κ3) is 5.53. The second-order valence-corrected chi connectivity index (χ2v) is 9.39. The van der Waals surface area contributed by atoms with Crippen LogP contribution in [0.4, 0.5) is 15.8 Å². The van der Waals surface area contributed by atoms with Crippen molar-refractivity contribution in [3.8, 4) is 11.5 Å². The number of rotatable bonds is 9. The molecule has 0 aromatic heterocycles. The average Bonchev–Trinajstić information content (AvgIpc) is 3.31. The van der Waals surface area contributed by atoms with Crippen LogP contribution >= 0.6 is 23.2 Å². The molecule has 1 aliphatic rings. The standard InChI is InChI=1S/C25H32Cl2FN3O3.H2/c1-6-7-12-34-24-21(33-5)14-18(22(26)23(24)27)25(32)30(4)16-8-9-20(19(28)13-16)31-11-10-17(15-31)29(2)3;/h8-9,13-14,17H,6-7,10-12,15H2,1-5H3;1H. The van der Waals surface area contributed by atoms with E-state index in [0.29, 0.717) is 35.5 Å². The zero-order valence-electron chi connectivity index (χ0n) is 20.3. The molecule has 34 heavy (non-hydrogen) atoms. The third-order valence-corrected chi connectivity index (χ3v) is 7.03. The fraction of sp³-hybridized carbons (Fsp3) is 0.480. The zero-order chi connectivity index (χ0) is 25.0. The van der Waals surface area contributed by atoms with Gasteiger partial charge in [0, 0.05) is 33.3 Å². The third-order valence-electron chi connectivity index (χ3n) is 6.18. The molecule has 1 heterocycles. The Morgan fingerprint density at radius 3 is 2.56 bits per heavy atom. The lowest BCUT2D eigenvalue weighted by Gasteiger charge is -2.24. The SMILES string of the molecule is CCCCOc1c(OC)cc(C(=O)N(C)c2ccc(N3CCC(N(C)C)C3)c(F)c2)c(Cl)c1Cl.[HH]. The van der Waals surface area contributed by atoms with Gasteiger partial charge in [-0.15, -0.1) is 0 Å². The molecule has 1 atom stereocenters. The van der Waals surface area contributed by atoms with E-state index < -0.39 is 5.91 Å². The summed E-state index contributed by atoms with van der Waals surface area (Å²) in [6.45, 7) is 4.05. The Labute approximate surface area is 212 Å². The number of hydrogen-bond acceptors (Lipinski definition) is 5. The minimum Gasteiger partial charge on any atom is -0.493 e. The number of carbonyl (C=O) groups excluding carboxylic acids is 1. The highest BCUT2D eigenvalue weighted by molar-refractivity contribution is 6.45. The van der Waals surface area contributed by atoms with Crippen molar-refractivity contribution in [3.05, 3.63) is 45.7 Å². The molecule has 0 aliphatic carbocycles. The summed E-state index contributed by atoms with van der Waals surface area (Å²) in [4.78, 5) is 18.8. The molecule has 2 aromatic carbocycles. The van der Waals surface area contributed by atoms with Gasteiger partial charge >= 0.3 is 0 Å². The number of anilines is 2. The van der Waals surface area contributed by atoms with Crippen molar-refractivity contribution in [1.82, 2.24) is 4.90 Å². The Hall–Kier alpha value is -2.22. The van der Waals surface area contributed by atoms with Crippen molar-refractivity contribution >= 4 is 40.5 Å². The molecule has 0 radical (unpaired) electrons. The van der Waals surface area contributed by atoms with E-state index in [0.717, 1.165) is 32.4 Å². The summed E-state index contributed by atoms with van der Waals surface area (Å²) < 4.78 is 26.2. The van der Waals surface area contributed by atoms with Crippen LogP contribution in [-0.2, 0) is 0 Å². The normalized spacial score (nSPS) is 15.7. The van der Waals surface area contributed by atoms with E-state index in [4.69, 9.17) is 32.7 Å². The van der Waals surface area contributed by atoms with Gasteiger partial charge in [0.1, 0.15) is 10.8 Å². The van der Waals surface area contributed by atoms with Crippen LogP contribution in [0.1, 0.15) is 38.0 Å². The van der Waals surface area contributed by atoms with Crippen LogP contribution in [-0.4, -0.2) is 64.8 Å². The Morgan fingerprint density at radius 1 is 1.24 bits per heavy atom. The van der Waals surface area contributed by atoms with E-state index in [2.05, 4.69) is 4.90 Å². The first-order valence-corrected chi connectivity index (χ1v) is 12.1. The first kappa shape index (κ1) is 26.4. The van der Waals surface area contributed by atoms with Crippen molar-refractivity contribution in [2.24, 2.45) is 0 Å². The second kappa shape index (κ2) is 11.5. The fourth-order valence-electron chi connectivity index (χ4n) is 3.99. The maximum atomic E-state index is 15.0. The molecule has 3 rings (SSSR count). The van der Waals surface area contributed by atoms with Gasteiger partial charge in [-0.25, -0.2) is 4.39 Å². The average molecular weight is 514 g/mol. The monoisotopic (exact) mass is 513 g/mol. The van der Waals surface area contributed by atoms with E-state index in [-0.39, 0.29) is 22.9 Å². The summed E-state index contributed by atoms with van der Waals surface area (Å²) >= 11 is 12.9. The molecule has 1 aliphatic heterocycles. The van der Waals surface area contributed by atoms with Gasteiger partial charge < -0.3 is 24.2 Å². The van der Waals surface area contributed by atoms with E-state index in [9.17, 15) is 4.79 Å². The summed E-state index contributed by atoms with van der Waals surface area (Å²) in [5, 5.41) is 0.176. The summed E-state index contributed by atoms with van der Waals surface area (Å²) in [6.07, 6.45) is 2.78. The summed E-state index contributed by atoms with van der Waals surface area (Å²) in [6, 6.07) is 6.70. The molecule has 9 heteroatoms. The molecule has 188 valence electrons. The predicted octanol–water partition coefficient (Wildman–Crippen LogP) is 5.98. The van der Waals surface area contributed by atoms with Crippen molar-refractivity contribution in [2.45, 2.75) is 32.2 Å². The Bertz CT molecular complexity index is 1040. The molecule has 0 bridgehead atoms. The molecular formula is C25H34Cl2FN3O3. The highest BCUT2D eigenvalue weighted by Crippen LogP contribution is 2.43. The molecule has 1 fully saturated rings. The van der Waals surface area contributed by atoms with Crippen LogP contribution in [0.15, 0.2) is 24.3 Å². The van der Waals surface area contributed by atoms with Gasteiger partial charge in [0.2, 0.25) is 0 Å². The molecule has 2 aromatic rings. The van der Waals surface area contributed by atoms with Crippen LogP contribution in [0.25, 0.3) is 0 Å². The Balaban J connectivity index is 0.00000432. The number of unbranched alkanes of at least 4 members (excludes halogenated alkanes) is 1. The van der Waals surface area contributed by atoms with Gasteiger partial charge in [-0.2, -0.15) is 0 Å². The minimum atomic E-state index is -0.439. The van der Waals surface area contributed by atoms with Crippen LogP contribution < -0.4 is 19.3 Å². The van der Waals surface area contributed by atoms with Crippen molar-refractivity contribution in [2.75, 3.05) is 57.7 Å². The molecule has 1 saturated heterocycles. The first-order valence-electron chi connectivity index (χ1n) is 11.4. The molecule has 0 N–H and O–H groups in total. The highest BCUT2D eigenvalue weighted by Gasteiger charge is 2.27. The summed E-state index contributed by atoms with van der Waals surface area (Å²) in [5.74, 6) is -0.198. The van der Waals surface area contributed by atoms with Gasteiger partial charge in [-0.1, -0.05) is 36.5 Å². The number of methoxy groups -OCH3 is 1. The first-order chi connectivity index (χ1) is 16.2. The second-order valence-electron chi connectivity index (χ2n) is 8.64. The van der Waals surface area contributed by atoms with Gasteiger partial charge in [0.05, 0.1) is 30.0 Å². The minimum absolute atomic E-state index is 0. The Morgan fingerprint density at radius 2 is 1.97 bits per heavy atom. The zero-order valence-corrected chi connectivity index (χ0v) is 21.8. The molecule has 0 saturated carbocycles. The maximum Gasteiger partial charge on any atom is 0.259 e. The fourth-order valence-corrected chi connectivity index (χ4v) is 4.46. The number of benzene rings is 2. The van der Waals surface area contributed by atoms with Crippen molar-refractivity contribution in [3.63, 3.8) is 0 Å². The number of ether oxygens (including phenoxy) is 2. The van der Waals surface area contributed by atoms with Crippen LogP contribution in [0.2, 0.25) is 10.0 Å². The number of nitrogens with zero attached hydrogens (tertiary/aromatic N) is 3. The number of amides is 1. The topological polar surface area (TPSA) is 45.3 Å². The molecule has 0 spiro atoms. The van der Waals surface area contributed by atoms with Crippen LogP contribution in [0.5, 0.6) is 11.5 Å². The van der Waals surface area contributed by atoms with Gasteiger partial charge in [0.25, 0.3) is 5.91 Å². The molecular weight excluding hydrogens is 480 g/mol. The predicted molar refractivity (Wildman–Crippen MR) is 139 cm³/mol. The maximum absolute atomic E-state index is 15.0. The molecule has 1 amide bonds. The van der Waals surface area contributed by atoms with Gasteiger partial charge in [-0.05, 0) is 51.2 Å². The number of halogens is 3. The number of carbonyl (C=O) groups is 1. The van der Waals surface area contributed by atoms with E-state index in [1.165, 1.54) is 24.1 Å². The summed E-state index contributed by atoms with van der Waals surface area (Å²) in [7, 11) is 7.10. The Kier molecular flexibility index (Phi) is 8.90. The number of likely N-dealkylation sites (N-methyl/N-ethyl adjacent to an activating group) is 1. The van der Waals surface area contributed by atoms with E-state index in [1.54, 1.807) is 19.2 Å². The van der Waals surface area contributed by atoms with E-state index >= 15 is 4.39 Å². The van der Waals surface area contributed by atoms with Crippen molar-refractivity contribution in [1.29, 1.82) is 0 Å². The summed E-state index contributed by atoms with van der Waals surface area (Å²) in [5.41, 5.74) is 1.08. The largest absolute Gasteiger partial charge is 0.493 e. The van der Waals surface area contributed by atoms with Crippen LogP contribution in [0, 0.1) is 5.82 Å².